The van der Waals surface area contributed by atoms with E-state index in [4.69, 9.17) is 4.74 Å². The van der Waals surface area contributed by atoms with Crippen LogP contribution in [-0.2, 0) is 11.2 Å². The van der Waals surface area contributed by atoms with Gasteiger partial charge in [0.15, 0.2) is 0 Å². The second-order valence-electron chi connectivity index (χ2n) is 4.96. The van der Waals surface area contributed by atoms with Crippen molar-refractivity contribution in [2.24, 2.45) is 0 Å². The van der Waals surface area contributed by atoms with Gasteiger partial charge in [-0.3, -0.25) is 0 Å². The molecule has 16 heavy (non-hydrogen) atoms. The van der Waals surface area contributed by atoms with E-state index in [2.05, 4.69) is 30.4 Å². The Labute approximate surface area is 97.0 Å². The molecule has 3 rings (SSSR count). The number of rotatable bonds is 1. The highest BCUT2D eigenvalue weighted by molar-refractivity contribution is 5.39. The molecule has 1 aromatic rings. The summed E-state index contributed by atoms with van der Waals surface area (Å²) in [5.41, 5.74) is 4.44. The second-order valence-corrected chi connectivity index (χ2v) is 4.96. The standard InChI is InChI=1S/C14H19NO/c1-10-2-3-11-4-5-12(8-13(10)11)14-9-15-6-7-16-14/h4-5,8,10,14-15H,2-3,6-7,9H2,1H3. The zero-order valence-electron chi connectivity index (χ0n) is 9.83. The van der Waals surface area contributed by atoms with Gasteiger partial charge in [0.25, 0.3) is 0 Å². The number of benzene rings is 1. The van der Waals surface area contributed by atoms with Gasteiger partial charge in [0.1, 0.15) is 0 Å². The molecule has 1 fully saturated rings. The van der Waals surface area contributed by atoms with E-state index in [1.165, 1.54) is 18.4 Å². The van der Waals surface area contributed by atoms with E-state index in [0.717, 1.165) is 25.6 Å². The third-order valence-corrected chi connectivity index (χ3v) is 3.85. The van der Waals surface area contributed by atoms with Gasteiger partial charge in [0.2, 0.25) is 0 Å². The highest BCUT2D eigenvalue weighted by atomic mass is 16.5. The maximum atomic E-state index is 5.80. The van der Waals surface area contributed by atoms with Crippen molar-refractivity contribution in [2.45, 2.75) is 31.8 Å². The van der Waals surface area contributed by atoms with Crippen molar-refractivity contribution < 1.29 is 4.74 Å². The molecule has 1 aromatic carbocycles. The summed E-state index contributed by atoms with van der Waals surface area (Å²) < 4.78 is 5.80. The molecule has 0 bridgehead atoms. The first-order valence-corrected chi connectivity index (χ1v) is 6.29. The Kier molecular flexibility index (Phi) is 2.70. The van der Waals surface area contributed by atoms with Gasteiger partial charge in [0, 0.05) is 13.1 Å². The Hall–Kier alpha value is -0.860. The van der Waals surface area contributed by atoms with E-state index >= 15 is 0 Å². The normalized spacial score (nSPS) is 29.1. The molecular formula is C14H19NO. The lowest BCUT2D eigenvalue weighted by Crippen LogP contribution is -2.33. The summed E-state index contributed by atoms with van der Waals surface area (Å²) in [4.78, 5) is 0. The van der Waals surface area contributed by atoms with Gasteiger partial charge in [-0.15, -0.1) is 0 Å². The van der Waals surface area contributed by atoms with Crippen molar-refractivity contribution in [1.82, 2.24) is 5.32 Å². The Bertz CT molecular complexity index is 382. The predicted molar refractivity (Wildman–Crippen MR) is 64.7 cm³/mol. The average molecular weight is 217 g/mol. The lowest BCUT2D eigenvalue weighted by atomic mass is 9.98. The van der Waals surface area contributed by atoms with Gasteiger partial charge in [-0.25, -0.2) is 0 Å². The zero-order chi connectivity index (χ0) is 11.0. The van der Waals surface area contributed by atoms with Crippen LogP contribution < -0.4 is 5.32 Å². The summed E-state index contributed by atoms with van der Waals surface area (Å²) in [6.45, 7) is 5.10. The Morgan fingerprint density at radius 3 is 3.12 bits per heavy atom. The van der Waals surface area contributed by atoms with E-state index < -0.39 is 0 Å². The van der Waals surface area contributed by atoms with Crippen molar-refractivity contribution in [2.75, 3.05) is 19.7 Å². The first kappa shape index (κ1) is 10.3. The number of morpholine rings is 1. The van der Waals surface area contributed by atoms with Crippen LogP contribution in [0.15, 0.2) is 18.2 Å². The van der Waals surface area contributed by atoms with Crippen molar-refractivity contribution in [1.29, 1.82) is 0 Å². The average Bonchev–Trinajstić information content (AvgIpc) is 2.72. The van der Waals surface area contributed by atoms with Crippen LogP contribution in [0.3, 0.4) is 0 Å². The molecule has 1 saturated heterocycles. The molecule has 2 atom stereocenters. The minimum atomic E-state index is 0.256. The summed E-state index contributed by atoms with van der Waals surface area (Å²) in [5.74, 6) is 0.728. The summed E-state index contributed by atoms with van der Waals surface area (Å²) >= 11 is 0. The van der Waals surface area contributed by atoms with Gasteiger partial charge in [-0.2, -0.15) is 0 Å². The molecule has 1 N–H and O–H groups in total. The Morgan fingerprint density at radius 1 is 1.38 bits per heavy atom. The maximum absolute atomic E-state index is 5.80. The third kappa shape index (κ3) is 1.76. The van der Waals surface area contributed by atoms with E-state index in [-0.39, 0.29) is 6.10 Å². The molecule has 2 aliphatic rings. The van der Waals surface area contributed by atoms with E-state index in [1.807, 2.05) is 0 Å². The van der Waals surface area contributed by atoms with Crippen LogP contribution in [0.5, 0.6) is 0 Å². The van der Waals surface area contributed by atoms with Crippen molar-refractivity contribution in [3.63, 3.8) is 0 Å². The number of nitrogens with one attached hydrogen (secondary N) is 1. The first-order valence-electron chi connectivity index (χ1n) is 6.29. The van der Waals surface area contributed by atoms with Crippen LogP contribution in [0.4, 0.5) is 0 Å². The van der Waals surface area contributed by atoms with Crippen molar-refractivity contribution in [3.8, 4) is 0 Å². The Morgan fingerprint density at radius 2 is 2.31 bits per heavy atom. The van der Waals surface area contributed by atoms with Crippen LogP contribution in [-0.4, -0.2) is 19.7 Å². The molecule has 1 heterocycles. The fourth-order valence-corrected chi connectivity index (χ4v) is 2.81. The molecule has 0 amide bonds. The number of aryl methyl sites for hydroxylation is 1. The first-order chi connectivity index (χ1) is 7.84. The molecule has 0 radical (unpaired) electrons. The van der Waals surface area contributed by atoms with Gasteiger partial charge in [-0.1, -0.05) is 25.1 Å². The predicted octanol–water partition coefficient (Wildman–Crippen LogP) is 2.40. The highest BCUT2D eigenvalue weighted by Gasteiger charge is 2.22. The number of fused-ring (bicyclic) bond motifs is 1. The number of ether oxygens (including phenoxy) is 1. The van der Waals surface area contributed by atoms with Crippen LogP contribution in [0.1, 0.15) is 42.1 Å². The zero-order valence-corrected chi connectivity index (χ0v) is 9.83. The molecule has 0 spiro atoms. The number of hydrogen-bond donors (Lipinski definition) is 1. The highest BCUT2D eigenvalue weighted by Crippen LogP contribution is 2.34. The van der Waals surface area contributed by atoms with Crippen molar-refractivity contribution in [3.05, 3.63) is 34.9 Å². The monoisotopic (exact) mass is 217 g/mol. The van der Waals surface area contributed by atoms with E-state index in [9.17, 15) is 0 Å². The topological polar surface area (TPSA) is 21.3 Å². The fraction of sp³-hybridized carbons (Fsp3) is 0.571. The molecule has 1 aliphatic heterocycles. The lowest BCUT2D eigenvalue weighted by Gasteiger charge is -2.24. The van der Waals surface area contributed by atoms with Gasteiger partial charge in [-0.05, 0) is 35.4 Å². The molecule has 2 unspecified atom stereocenters. The van der Waals surface area contributed by atoms with Crippen LogP contribution in [0.2, 0.25) is 0 Å². The minimum absolute atomic E-state index is 0.256. The summed E-state index contributed by atoms with van der Waals surface area (Å²) in [6.07, 6.45) is 2.81. The van der Waals surface area contributed by atoms with Crippen molar-refractivity contribution >= 4 is 0 Å². The van der Waals surface area contributed by atoms with Gasteiger partial charge >= 0.3 is 0 Å². The quantitative estimate of drug-likeness (QED) is 0.780. The minimum Gasteiger partial charge on any atom is -0.371 e. The van der Waals surface area contributed by atoms with E-state index in [0.29, 0.717) is 0 Å². The molecule has 2 heteroatoms. The largest absolute Gasteiger partial charge is 0.371 e. The Balaban J connectivity index is 1.88. The third-order valence-electron chi connectivity index (χ3n) is 3.85. The molecule has 0 saturated carbocycles. The van der Waals surface area contributed by atoms with Gasteiger partial charge in [0.05, 0.1) is 12.7 Å². The van der Waals surface area contributed by atoms with Crippen LogP contribution in [0.25, 0.3) is 0 Å². The fourth-order valence-electron chi connectivity index (χ4n) is 2.81. The van der Waals surface area contributed by atoms with Crippen LogP contribution in [0, 0.1) is 0 Å². The summed E-state index contributed by atoms with van der Waals surface area (Å²) in [7, 11) is 0. The second kappa shape index (κ2) is 4.19. The lowest BCUT2D eigenvalue weighted by molar-refractivity contribution is 0.0276. The summed E-state index contributed by atoms with van der Waals surface area (Å²) in [6, 6.07) is 6.91. The molecule has 1 aliphatic carbocycles. The molecule has 0 aromatic heterocycles. The SMILES string of the molecule is CC1CCc2ccc(C3CNCCO3)cc21. The smallest absolute Gasteiger partial charge is 0.0949 e. The molecular weight excluding hydrogens is 198 g/mol. The molecule has 2 nitrogen and oxygen atoms in total. The van der Waals surface area contributed by atoms with E-state index in [1.54, 1.807) is 11.1 Å². The molecule has 86 valence electrons. The number of hydrogen-bond acceptors (Lipinski definition) is 2. The summed E-state index contributed by atoms with van der Waals surface area (Å²) in [5, 5.41) is 3.39. The van der Waals surface area contributed by atoms with Crippen LogP contribution >= 0.6 is 0 Å². The maximum Gasteiger partial charge on any atom is 0.0949 e. The van der Waals surface area contributed by atoms with Gasteiger partial charge < -0.3 is 10.1 Å².